The van der Waals surface area contributed by atoms with Crippen LogP contribution in [0.5, 0.6) is 0 Å². The monoisotopic (exact) mass is 292 g/mol. The Hall–Kier alpha value is -2.15. The van der Waals surface area contributed by atoms with E-state index < -0.39 is 10.0 Å². The van der Waals surface area contributed by atoms with Crippen LogP contribution in [0.2, 0.25) is 0 Å². The number of nitrogens with one attached hydrogen (secondary N) is 1. The van der Waals surface area contributed by atoms with E-state index in [0.29, 0.717) is 5.69 Å². The van der Waals surface area contributed by atoms with Crippen LogP contribution in [0.1, 0.15) is 18.9 Å². The summed E-state index contributed by atoms with van der Waals surface area (Å²) in [7, 11) is -3.69. The zero-order valence-electron chi connectivity index (χ0n) is 11.1. The molecule has 0 saturated heterocycles. The average molecular weight is 292 g/mol. The van der Waals surface area contributed by atoms with Gasteiger partial charge < -0.3 is 5.73 Å². The standard InChI is InChI=1S/C13H16N4O2S/c1-2-3-10-4-6-11(7-5-10)17-20(18,19)12-8-15-13(14)16-9-12/h4-9,17H,2-3H2,1H3,(H2,14,15,16). The van der Waals surface area contributed by atoms with Crippen molar-refractivity contribution < 1.29 is 8.42 Å². The smallest absolute Gasteiger partial charge is 0.264 e. The molecular formula is C13H16N4O2S. The molecule has 0 bridgehead atoms. The van der Waals surface area contributed by atoms with Gasteiger partial charge in [-0.1, -0.05) is 25.5 Å². The molecule has 106 valence electrons. The van der Waals surface area contributed by atoms with Crippen LogP contribution in [0.15, 0.2) is 41.6 Å². The first-order valence-corrected chi connectivity index (χ1v) is 7.69. The average Bonchev–Trinajstić information content (AvgIpc) is 2.41. The minimum atomic E-state index is -3.69. The second-order valence-electron chi connectivity index (χ2n) is 4.33. The minimum Gasteiger partial charge on any atom is -0.368 e. The van der Waals surface area contributed by atoms with Crippen LogP contribution in [0.25, 0.3) is 0 Å². The summed E-state index contributed by atoms with van der Waals surface area (Å²) in [4.78, 5) is 7.32. The molecule has 0 aliphatic heterocycles. The van der Waals surface area contributed by atoms with Gasteiger partial charge in [-0.3, -0.25) is 4.72 Å². The number of rotatable bonds is 5. The van der Waals surface area contributed by atoms with Crippen molar-refractivity contribution in [3.8, 4) is 0 Å². The summed E-state index contributed by atoms with van der Waals surface area (Å²) in [6.45, 7) is 2.09. The van der Waals surface area contributed by atoms with Crippen LogP contribution >= 0.6 is 0 Å². The van der Waals surface area contributed by atoms with Crippen LogP contribution in [-0.4, -0.2) is 18.4 Å². The van der Waals surface area contributed by atoms with Crippen molar-refractivity contribution in [1.29, 1.82) is 0 Å². The van der Waals surface area contributed by atoms with Gasteiger partial charge in [0.05, 0.1) is 12.4 Å². The van der Waals surface area contributed by atoms with Gasteiger partial charge in [0, 0.05) is 5.69 Å². The maximum absolute atomic E-state index is 12.1. The first-order chi connectivity index (χ1) is 9.51. The summed E-state index contributed by atoms with van der Waals surface area (Å²) < 4.78 is 26.7. The number of hydrogen-bond donors (Lipinski definition) is 2. The molecule has 7 heteroatoms. The van der Waals surface area contributed by atoms with Crippen LogP contribution in [-0.2, 0) is 16.4 Å². The summed E-state index contributed by atoms with van der Waals surface area (Å²) in [5.74, 6) is 0.0351. The predicted molar refractivity (Wildman–Crippen MR) is 77.7 cm³/mol. The molecule has 6 nitrogen and oxygen atoms in total. The molecule has 0 radical (unpaired) electrons. The van der Waals surface area contributed by atoms with Crippen molar-refractivity contribution in [2.45, 2.75) is 24.7 Å². The lowest BCUT2D eigenvalue weighted by Crippen LogP contribution is -2.14. The lowest BCUT2D eigenvalue weighted by molar-refractivity contribution is 0.600. The maximum atomic E-state index is 12.1. The summed E-state index contributed by atoms with van der Waals surface area (Å²) >= 11 is 0. The number of aryl methyl sites for hydroxylation is 1. The summed E-state index contributed by atoms with van der Waals surface area (Å²) in [5.41, 5.74) is 7.00. The molecule has 0 amide bonds. The third kappa shape index (κ3) is 3.45. The number of nitrogens with two attached hydrogens (primary N) is 1. The lowest BCUT2D eigenvalue weighted by atomic mass is 10.1. The molecule has 20 heavy (non-hydrogen) atoms. The third-order valence-corrected chi connectivity index (χ3v) is 4.04. The first kappa shape index (κ1) is 14.3. The number of nitrogens with zero attached hydrogens (tertiary/aromatic N) is 2. The Morgan fingerprint density at radius 1 is 1.15 bits per heavy atom. The molecule has 0 aliphatic carbocycles. The van der Waals surface area contributed by atoms with E-state index in [2.05, 4.69) is 21.6 Å². The molecule has 3 N–H and O–H groups in total. The van der Waals surface area contributed by atoms with Gasteiger partial charge in [-0.05, 0) is 24.1 Å². The fraction of sp³-hybridized carbons (Fsp3) is 0.231. The molecule has 0 fully saturated rings. The van der Waals surface area contributed by atoms with Gasteiger partial charge in [-0.15, -0.1) is 0 Å². The normalized spacial score (nSPS) is 11.2. The van der Waals surface area contributed by atoms with E-state index in [4.69, 9.17) is 5.73 Å². The van der Waals surface area contributed by atoms with E-state index in [-0.39, 0.29) is 10.8 Å². The van der Waals surface area contributed by atoms with Crippen molar-refractivity contribution in [2.24, 2.45) is 0 Å². The number of anilines is 2. The highest BCUT2D eigenvalue weighted by atomic mass is 32.2. The Labute approximate surface area is 118 Å². The van der Waals surface area contributed by atoms with E-state index in [1.807, 2.05) is 12.1 Å². The van der Waals surface area contributed by atoms with Crippen molar-refractivity contribution in [1.82, 2.24) is 9.97 Å². The second kappa shape index (κ2) is 5.87. The van der Waals surface area contributed by atoms with Gasteiger partial charge in [0.15, 0.2) is 0 Å². The van der Waals surface area contributed by atoms with Crippen molar-refractivity contribution in [2.75, 3.05) is 10.5 Å². The van der Waals surface area contributed by atoms with Gasteiger partial charge in [0.2, 0.25) is 5.95 Å². The number of benzene rings is 1. The quantitative estimate of drug-likeness (QED) is 0.875. The molecule has 1 aromatic carbocycles. The maximum Gasteiger partial charge on any atom is 0.264 e. The van der Waals surface area contributed by atoms with E-state index in [1.54, 1.807) is 12.1 Å². The number of sulfonamides is 1. The molecule has 2 aromatic rings. The van der Waals surface area contributed by atoms with Crippen LogP contribution in [0.3, 0.4) is 0 Å². The lowest BCUT2D eigenvalue weighted by Gasteiger charge is -2.08. The summed E-state index contributed by atoms with van der Waals surface area (Å²) in [6.07, 6.45) is 4.37. The summed E-state index contributed by atoms with van der Waals surface area (Å²) in [5, 5.41) is 0. The largest absolute Gasteiger partial charge is 0.368 e. The zero-order valence-corrected chi connectivity index (χ0v) is 11.9. The Morgan fingerprint density at radius 3 is 2.30 bits per heavy atom. The molecular weight excluding hydrogens is 276 g/mol. The highest BCUT2D eigenvalue weighted by molar-refractivity contribution is 7.92. The van der Waals surface area contributed by atoms with E-state index in [0.717, 1.165) is 12.8 Å². The number of aromatic nitrogens is 2. The molecule has 0 spiro atoms. The van der Waals surface area contributed by atoms with Crippen molar-refractivity contribution in [3.63, 3.8) is 0 Å². The number of hydrogen-bond acceptors (Lipinski definition) is 5. The van der Waals surface area contributed by atoms with Gasteiger partial charge in [-0.2, -0.15) is 0 Å². The highest BCUT2D eigenvalue weighted by Gasteiger charge is 2.15. The molecule has 0 aliphatic rings. The van der Waals surface area contributed by atoms with Gasteiger partial charge in [-0.25, -0.2) is 18.4 Å². The van der Waals surface area contributed by atoms with Gasteiger partial charge >= 0.3 is 0 Å². The fourth-order valence-corrected chi connectivity index (χ4v) is 2.65. The topological polar surface area (TPSA) is 98.0 Å². The molecule has 0 saturated carbocycles. The Balaban J connectivity index is 2.17. The molecule has 0 unspecified atom stereocenters. The van der Waals surface area contributed by atoms with E-state index in [9.17, 15) is 8.42 Å². The zero-order chi connectivity index (χ0) is 14.6. The third-order valence-electron chi connectivity index (χ3n) is 2.70. The van der Waals surface area contributed by atoms with Crippen molar-refractivity contribution in [3.05, 3.63) is 42.2 Å². The highest BCUT2D eigenvalue weighted by Crippen LogP contribution is 2.16. The minimum absolute atomic E-state index is 0.0238. The SMILES string of the molecule is CCCc1ccc(NS(=O)(=O)c2cnc(N)nc2)cc1. The van der Waals surface area contributed by atoms with Crippen LogP contribution < -0.4 is 10.5 Å². The number of nitrogen functional groups attached to an aromatic ring is 1. The summed E-state index contributed by atoms with van der Waals surface area (Å²) in [6, 6.07) is 7.28. The van der Waals surface area contributed by atoms with Crippen LogP contribution in [0.4, 0.5) is 11.6 Å². The van der Waals surface area contributed by atoms with Crippen LogP contribution in [0, 0.1) is 0 Å². The Morgan fingerprint density at radius 2 is 1.75 bits per heavy atom. The van der Waals surface area contributed by atoms with E-state index >= 15 is 0 Å². The Bertz CT molecular complexity index is 667. The fourth-order valence-electron chi connectivity index (χ4n) is 1.71. The van der Waals surface area contributed by atoms with E-state index in [1.165, 1.54) is 18.0 Å². The first-order valence-electron chi connectivity index (χ1n) is 6.20. The Kier molecular flexibility index (Phi) is 4.19. The van der Waals surface area contributed by atoms with Gasteiger partial charge in [0.1, 0.15) is 4.90 Å². The molecule has 1 heterocycles. The molecule has 2 rings (SSSR count). The molecule has 1 aromatic heterocycles. The second-order valence-corrected chi connectivity index (χ2v) is 6.01. The molecule has 0 atom stereocenters. The van der Waals surface area contributed by atoms with Crippen molar-refractivity contribution >= 4 is 21.7 Å². The van der Waals surface area contributed by atoms with Gasteiger partial charge in [0.25, 0.3) is 10.0 Å². The predicted octanol–water partition coefficient (Wildman–Crippen LogP) is 1.81.